The highest BCUT2D eigenvalue weighted by molar-refractivity contribution is 8.00. The molecule has 0 bridgehead atoms. The van der Waals surface area contributed by atoms with E-state index in [0.29, 0.717) is 11.8 Å². The van der Waals surface area contributed by atoms with Crippen LogP contribution in [0.3, 0.4) is 0 Å². The Hall–Kier alpha value is -1.47. The van der Waals surface area contributed by atoms with Crippen LogP contribution < -0.4 is 5.32 Å². The average molecular weight is 423 g/mol. The zero-order chi connectivity index (χ0) is 17.9. The highest BCUT2D eigenvalue weighted by Crippen LogP contribution is 2.34. The molecule has 0 spiro atoms. The third kappa shape index (κ3) is 4.35. The van der Waals surface area contributed by atoms with Crippen molar-refractivity contribution < 1.29 is 9.21 Å². The Balaban J connectivity index is 0.00000210. The summed E-state index contributed by atoms with van der Waals surface area (Å²) in [5.41, 5.74) is 1.80. The fourth-order valence-corrected chi connectivity index (χ4v) is 5.26. The molecule has 1 aliphatic heterocycles. The molecule has 3 heterocycles. The largest absolute Gasteiger partial charge is 0.451 e. The maximum absolute atomic E-state index is 13.2. The Labute approximate surface area is 173 Å². The van der Waals surface area contributed by atoms with Gasteiger partial charge in [-0.2, -0.15) is 0 Å². The van der Waals surface area contributed by atoms with Gasteiger partial charge in [0.2, 0.25) is 0 Å². The Bertz CT molecular complexity index is 895. The van der Waals surface area contributed by atoms with E-state index in [1.54, 1.807) is 23.1 Å². The van der Waals surface area contributed by atoms with Crippen molar-refractivity contribution in [2.75, 3.05) is 20.1 Å². The minimum Gasteiger partial charge on any atom is -0.451 e. The van der Waals surface area contributed by atoms with Gasteiger partial charge < -0.3 is 14.6 Å². The van der Waals surface area contributed by atoms with Crippen LogP contribution in [0.5, 0.6) is 0 Å². The Kier molecular flexibility index (Phi) is 6.87. The number of piperidine rings is 1. The molecule has 27 heavy (non-hydrogen) atoms. The summed E-state index contributed by atoms with van der Waals surface area (Å²) in [5, 5.41) is 6.42. The lowest BCUT2D eigenvalue weighted by Gasteiger charge is -2.32. The number of hydrogen-bond acceptors (Lipinski definition) is 5. The number of furan rings is 1. The zero-order valence-electron chi connectivity index (χ0n) is 15.1. The zero-order valence-corrected chi connectivity index (χ0v) is 17.6. The van der Waals surface area contributed by atoms with Crippen LogP contribution in [0.1, 0.15) is 29.0 Å². The maximum atomic E-state index is 13.2. The van der Waals surface area contributed by atoms with Gasteiger partial charge in [-0.3, -0.25) is 4.79 Å². The first-order chi connectivity index (χ1) is 12.8. The fourth-order valence-electron chi connectivity index (χ4n) is 3.44. The van der Waals surface area contributed by atoms with Gasteiger partial charge >= 0.3 is 0 Å². The Morgan fingerprint density at radius 1 is 1.33 bits per heavy atom. The van der Waals surface area contributed by atoms with Crippen LogP contribution in [0.25, 0.3) is 11.0 Å². The lowest BCUT2D eigenvalue weighted by Crippen LogP contribution is -2.47. The van der Waals surface area contributed by atoms with E-state index >= 15 is 0 Å². The van der Waals surface area contributed by atoms with Gasteiger partial charge in [-0.05, 0) is 37.4 Å². The number of thiophene rings is 1. The van der Waals surface area contributed by atoms with E-state index in [1.165, 1.54) is 4.21 Å². The maximum Gasteiger partial charge on any atom is 0.289 e. The molecule has 0 radical (unpaired) electrons. The number of nitrogens with one attached hydrogen (secondary N) is 1. The summed E-state index contributed by atoms with van der Waals surface area (Å²) in [6.45, 7) is 1.54. The van der Waals surface area contributed by atoms with Crippen molar-refractivity contribution in [2.45, 2.75) is 28.8 Å². The second kappa shape index (κ2) is 9.15. The standard InChI is InChI=1S/C20H22N2O2S2.ClH/c1-21-14-6-4-10-22(12-14)20(23)19-16(13-26-18-9-5-11-25-18)15-7-2-3-8-17(15)24-19;/h2-3,5,7-9,11,14,21H,4,6,10,12-13H2,1H3;1H. The number of carbonyl (C=O) groups excluding carboxylic acids is 1. The number of para-hydroxylation sites is 1. The summed E-state index contributed by atoms with van der Waals surface area (Å²) in [6.07, 6.45) is 2.14. The van der Waals surface area contributed by atoms with Crippen LogP contribution in [-0.2, 0) is 5.75 Å². The van der Waals surface area contributed by atoms with Gasteiger partial charge in [0.05, 0.1) is 4.21 Å². The average Bonchev–Trinajstić information content (AvgIpc) is 3.33. The number of halogens is 1. The number of amides is 1. The highest BCUT2D eigenvalue weighted by atomic mass is 35.5. The van der Waals surface area contributed by atoms with Crippen molar-refractivity contribution in [1.29, 1.82) is 0 Å². The second-order valence-electron chi connectivity index (χ2n) is 6.51. The molecule has 1 saturated heterocycles. The topological polar surface area (TPSA) is 45.5 Å². The highest BCUT2D eigenvalue weighted by Gasteiger charge is 2.28. The van der Waals surface area contributed by atoms with E-state index in [0.717, 1.165) is 48.2 Å². The summed E-state index contributed by atoms with van der Waals surface area (Å²) in [6, 6.07) is 12.5. The van der Waals surface area contributed by atoms with Crippen molar-refractivity contribution in [3.8, 4) is 0 Å². The second-order valence-corrected chi connectivity index (χ2v) is 8.73. The molecule has 1 aromatic carbocycles. The van der Waals surface area contributed by atoms with E-state index in [9.17, 15) is 4.79 Å². The minimum absolute atomic E-state index is 0. The predicted molar refractivity (Wildman–Crippen MR) is 115 cm³/mol. The van der Waals surface area contributed by atoms with E-state index < -0.39 is 0 Å². The molecule has 1 fully saturated rings. The first kappa shape index (κ1) is 20.3. The fraction of sp³-hybridized carbons (Fsp3) is 0.350. The van der Waals surface area contributed by atoms with E-state index in [4.69, 9.17) is 4.42 Å². The lowest BCUT2D eigenvalue weighted by molar-refractivity contribution is 0.0667. The summed E-state index contributed by atoms with van der Waals surface area (Å²) in [4.78, 5) is 15.1. The number of likely N-dealkylation sites (tertiary alicyclic amines) is 1. The summed E-state index contributed by atoms with van der Waals surface area (Å²) < 4.78 is 7.28. The van der Waals surface area contributed by atoms with Crippen molar-refractivity contribution in [3.05, 3.63) is 53.1 Å². The summed E-state index contributed by atoms with van der Waals surface area (Å²) in [7, 11) is 1.96. The quantitative estimate of drug-likeness (QED) is 0.585. The van der Waals surface area contributed by atoms with Gasteiger partial charge in [0.25, 0.3) is 5.91 Å². The van der Waals surface area contributed by atoms with E-state index in [-0.39, 0.29) is 18.3 Å². The Morgan fingerprint density at radius 2 is 2.19 bits per heavy atom. The molecule has 144 valence electrons. The molecule has 1 N–H and O–H groups in total. The van der Waals surface area contributed by atoms with Crippen LogP contribution in [-0.4, -0.2) is 37.0 Å². The molecular formula is C20H23ClN2O2S2. The molecule has 1 unspecified atom stereocenters. The summed E-state index contributed by atoms with van der Waals surface area (Å²) >= 11 is 3.48. The number of rotatable bonds is 5. The van der Waals surface area contributed by atoms with Crippen molar-refractivity contribution in [1.82, 2.24) is 10.2 Å². The Morgan fingerprint density at radius 3 is 2.96 bits per heavy atom. The van der Waals surface area contributed by atoms with Gasteiger partial charge in [-0.25, -0.2) is 0 Å². The molecule has 1 amide bonds. The monoisotopic (exact) mass is 422 g/mol. The minimum atomic E-state index is 0. The third-order valence-electron chi connectivity index (χ3n) is 4.86. The molecule has 4 nitrogen and oxygen atoms in total. The molecule has 0 saturated carbocycles. The van der Waals surface area contributed by atoms with Gasteiger partial charge in [0, 0.05) is 35.8 Å². The molecule has 4 rings (SSSR count). The van der Waals surface area contributed by atoms with Crippen LogP contribution in [0.15, 0.2) is 50.4 Å². The first-order valence-electron chi connectivity index (χ1n) is 8.89. The van der Waals surface area contributed by atoms with Gasteiger partial charge in [0.1, 0.15) is 5.58 Å². The lowest BCUT2D eigenvalue weighted by atomic mass is 10.0. The third-order valence-corrected chi connectivity index (χ3v) is 7.02. The SMILES string of the molecule is CNC1CCCN(C(=O)c2oc3ccccc3c2CSc2cccs2)C1.Cl. The number of benzene rings is 1. The van der Waals surface area contributed by atoms with Crippen LogP contribution >= 0.6 is 35.5 Å². The number of fused-ring (bicyclic) bond motifs is 1. The molecular weight excluding hydrogens is 400 g/mol. The van der Waals surface area contributed by atoms with Crippen molar-refractivity contribution in [3.63, 3.8) is 0 Å². The summed E-state index contributed by atoms with van der Waals surface area (Å²) in [5.74, 6) is 1.26. The smallest absolute Gasteiger partial charge is 0.289 e. The van der Waals surface area contributed by atoms with Crippen molar-refractivity contribution >= 4 is 52.4 Å². The molecule has 2 aromatic heterocycles. The number of carbonyl (C=O) groups is 1. The van der Waals surface area contributed by atoms with Crippen LogP contribution in [0.2, 0.25) is 0 Å². The molecule has 1 atom stereocenters. The van der Waals surface area contributed by atoms with Gasteiger partial charge in [0.15, 0.2) is 5.76 Å². The normalized spacial score (nSPS) is 17.1. The molecule has 7 heteroatoms. The van der Waals surface area contributed by atoms with Crippen molar-refractivity contribution in [2.24, 2.45) is 0 Å². The van der Waals surface area contributed by atoms with E-state index in [2.05, 4.69) is 22.8 Å². The first-order valence-corrected chi connectivity index (χ1v) is 10.8. The number of nitrogens with zero attached hydrogens (tertiary/aromatic N) is 1. The molecule has 0 aliphatic carbocycles. The molecule has 1 aliphatic rings. The molecule has 3 aromatic rings. The van der Waals surface area contributed by atoms with Gasteiger partial charge in [-0.1, -0.05) is 24.3 Å². The van der Waals surface area contributed by atoms with Crippen LogP contribution in [0, 0.1) is 0 Å². The van der Waals surface area contributed by atoms with Crippen LogP contribution in [0.4, 0.5) is 0 Å². The number of thioether (sulfide) groups is 1. The van der Waals surface area contributed by atoms with E-state index in [1.807, 2.05) is 36.2 Å². The predicted octanol–water partition coefficient (Wildman–Crippen LogP) is 5.03. The number of likely N-dealkylation sites (N-methyl/N-ethyl adjacent to an activating group) is 1. The number of hydrogen-bond donors (Lipinski definition) is 1. The van der Waals surface area contributed by atoms with Gasteiger partial charge in [-0.15, -0.1) is 35.5 Å².